The molecule has 25 heavy (non-hydrogen) atoms. The van der Waals surface area contributed by atoms with Crippen LogP contribution in [-0.2, 0) is 15.6 Å². The molecule has 0 bridgehead atoms. The zero-order valence-electron chi connectivity index (χ0n) is 16.2. The largest absolute Gasteiger partial charge is 0.483 e. The summed E-state index contributed by atoms with van der Waals surface area (Å²) in [6.45, 7) is 14.7. The second-order valence-electron chi connectivity index (χ2n) is 8.37. The number of nitrogens with one attached hydrogen (secondary N) is 1. The van der Waals surface area contributed by atoms with E-state index in [1.54, 1.807) is 13.0 Å². The first-order valence-corrected chi connectivity index (χ1v) is 8.48. The van der Waals surface area contributed by atoms with E-state index >= 15 is 0 Å². The molecule has 1 heterocycles. The second-order valence-corrected chi connectivity index (χ2v) is 8.37. The predicted octanol–water partition coefficient (Wildman–Crippen LogP) is 4.60. The van der Waals surface area contributed by atoms with Gasteiger partial charge in [0.25, 0.3) is 5.91 Å². The molecule has 1 aromatic carbocycles. The van der Waals surface area contributed by atoms with Gasteiger partial charge >= 0.3 is 0 Å². The van der Waals surface area contributed by atoms with Crippen LogP contribution in [0.5, 0.6) is 5.75 Å². The van der Waals surface area contributed by atoms with Gasteiger partial charge in [-0.1, -0.05) is 58.8 Å². The van der Waals surface area contributed by atoms with Crippen LogP contribution < -0.4 is 10.1 Å². The number of hydrogen-bond acceptors (Lipinski definition) is 4. The number of amides is 1. The molecule has 0 saturated carbocycles. The molecular formula is C20H28N2O3. The van der Waals surface area contributed by atoms with Gasteiger partial charge in [-0.25, -0.2) is 0 Å². The molecule has 136 valence electrons. The quantitative estimate of drug-likeness (QED) is 0.880. The summed E-state index contributed by atoms with van der Waals surface area (Å²) < 4.78 is 10.7. The Labute approximate surface area is 149 Å². The molecule has 5 heteroatoms. The molecular weight excluding hydrogens is 316 g/mol. The van der Waals surface area contributed by atoms with E-state index in [-0.39, 0.29) is 23.3 Å². The fourth-order valence-corrected chi connectivity index (χ4v) is 2.46. The smallest absolute Gasteiger partial charge is 0.263 e. The van der Waals surface area contributed by atoms with Gasteiger partial charge in [0.15, 0.2) is 12.4 Å². The van der Waals surface area contributed by atoms with Gasteiger partial charge in [0.2, 0.25) is 0 Å². The second kappa shape index (κ2) is 6.90. The van der Waals surface area contributed by atoms with Crippen molar-refractivity contribution in [3.63, 3.8) is 0 Å². The minimum Gasteiger partial charge on any atom is -0.483 e. The van der Waals surface area contributed by atoms with Crippen molar-refractivity contribution in [1.82, 2.24) is 5.16 Å². The Morgan fingerprint density at radius 3 is 2.32 bits per heavy atom. The molecule has 0 fully saturated rings. The standard InChI is InChI=1S/C20H28N2O3/c1-13-10-17(22-25-13)21-18(23)12-24-16-9-8-14(19(2,3)4)11-15(16)20(5,6)7/h8-11H,12H2,1-7H3,(H,21,22,23). The van der Waals surface area contributed by atoms with E-state index in [1.807, 2.05) is 6.07 Å². The van der Waals surface area contributed by atoms with E-state index in [0.717, 1.165) is 11.3 Å². The SMILES string of the molecule is Cc1cc(NC(=O)COc2ccc(C(C)(C)C)cc2C(C)(C)C)no1. The highest BCUT2D eigenvalue weighted by atomic mass is 16.5. The molecule has 0 unspecified atom stereocenters. The third-order valence-electron chi connectivity index (χ3n) is 3.91. The summed E-state index contributed by atoms with van der Waals surface area (Å²) in [4.78, 5) is 12.1. The Morgan fingerprint density at radius 1 is 1.12 bits per heavy atom. The van der Waals surface area contributed by atoms with E-state index in [4.69, 9.17) is 9.26 Å². The van der Waals surface area contributed by atoms with Crippen molar-refractivity contribution in [3.05, 3.63) is 41.2 Å². The zero-order chi connectivity index (χ0) is 18.8. The van der Waals surface area contributed by atoms with Crippen LogP contribution in [0.25, 0.3) is 0 Å². The number of rotatable bonds is 4. The Hall–Kier alpha value is -2.30. The van der Waals surface area contributed by atoms with E-state index in [9.17, 15) is 4.79 Å². The van der Waals surface area contributed by atoms with Crippen LogP contribution in [0, 0.1) is 6.92 Å². The third-order valence-corrected chi connectivity index (χ3v) is 3.91. The molecule has 0 radical (unpaired) electrons. The van der Waals surface area contributed by atoms with Crippen molar-refractivity contribution in [1.29, 1.82) is 0 Å². The summed E-state index contributed by atoms with van der Waals surface area (Å²) in [5.41, 5.74) is 2.30. The monoisotopic (exact) mass is 344 g/mol. The molecule has 0 spiro atoms. The minimum atomic E-state index is -0.270. The Balaban J connectivity index is 2.14. The van der Waals surface area contributed by atoms with Crippen LogP contribution in [-0.4, -0.2) is 17.7 Å². The minimum absolute atomic E-state index is 0.0563. The zero-order valence-corrected chi connectivity index (χ0v) is 16.2. The van der Waals surface area contributed by atoms with E-state index in [2.05, 4.69) is 64.1 Å². The van der Waals surface area contributed by atoms with Gasteiger partial charge in [-0.05, 0) is 34.9 Å². The highest BCUT2D eigenvalue weighted by Crippen LogP contribution is 2.35. The van der Waals surface area contributed by atoms with Crippen LogP contribution in [0.15, 0.2) is 28.8 Å². The van der Waals surface area contributed by atoms with Crippen molar-refractivity contribution in [2.45, 2.75) is 59.3 Å². The molecule has 0 aliphatic heterocycles. The molecule has 2 aromatic rings. The van der Waals surface area contributed by atoms with Gasteiger partial charge in [0.05, 0.1) is 0 Å². The molecule has 2 rings (SSSR count). The molecule has 0 saturated heterocycles. The lowest BCUT2D eigenvalue weighted by Gasteiger charge is -2.27. The topological polar surface area (TPSA) is 64.4 Å². The maximum atomic E-state index is 12.1. The number of ether oxygens (including phenoxy) is 1. The summed E-state index contributed by atoms with van der Waals surface area (Å²) in [6, 6.07) is 7.85. The maximum absolute atomic E-state index is 12.1. The Morgan fingerprint density at radius 2 is 1.80 bits per heavy atom. The van der Waals surface area contributed by atoms with Crippen molar-refractivity contribution in [2.24, 2.45) is 0 Å². The Bertz CT molecular complexity index is 749. The summed E-state index contributed by atoms with van der Waals surface area (Å²) in [7, 11) is 0. The predicted molar refractivity (Wildman–Crippen MR) is 99.2 cm³/mol. The first kappa shape index (κ1) is 19.0. The van der Waals surface area contributed by atoms with E-state index < -0.39 is 0 Å². The van der Waals surface area contributed by atoms with Gasteiger partial charge < -0.3 is 14.6 Å². The molecule has 1 N–H and O–H groups in total. The number of hydrogen-bond donors (Lipinski definition) is 1. The number of nitrogens with zero attached hydrogens (tertiary/aromatic N) is 1. The van der Waals surface area contributed by atoms with Crippen LogP contribution in [0.1, 0.15) is 58.4 Å². The number of aromatic nitrogens is 1. The number of anilines is 1. The molecule has 0 atom stereocenters. The highest BCUT2D eigenvalue weighted by Gasteiger charge is 2.23. The average molecular weight is 344 g/mol. The number of aryl methyl sites for hydroxylation is 1. The fourth-order valence-electron chi connectivity index (χ4n) is 2.46. The van der Waals surface area contributed by atoms with Crippen molar-refractivity contribution in [3.8, 4) is 5.75 Å². The van der Waals surface area contributed by atoms with Crippen LogP contribution in [0.3, 0.4) is 0 Å². The van der Waals surface area contributed by atoms with Crippen LogP contribution in [0.4, 0.5) is 5.82 Å². The summed E-state index contributed by atoms with van der Waals surface area (Å²) in [5, 5.41) is 6.40. The first-order valence-electron chi connectivity index (χ1n) is 8.48. The summed E-state index contributed by atoms with van der Waals surface area (Å²) in [6.07, 6.45) is 0. The van der Waals surface area contributed by atoms with Gasteiger partial charge in [0.1, 0.15) is 11.5 Å². The Kier molecular flexibility index (Phi) is 5.26. The molecule has 1 amide bonds. The summed E-state index contributed by atoms with van der Waals surface area (Å²) >= 11 is 0. The molecule has 1 aromatic heterocycles. The van der Waals surface area contributed by atoms with Crippen molar-refractivity contribution < 1.29 is 14.1 Å². The lowest BCUT2D eigenvalue weighted by atomic mass is 9.80. The van der Waals surface area contributed by atoms with Crippen molar-refractivity contribution >= 4 is 11.7 Å². The van der Waals surface area contributed by atoms with E-state index in [1.165, 1.54) is 5.56 Å². The average Bonchev–Trinajstić information content (AvgIpc) is 2.88. The lowest BCUT2D eigenvalue weighted by molar-refractivity contribution is -0.118. The maximum Gasteiger partial charge on any atom is 0.263 e. The number of benzene rings is 1. The van der Waals surface area contributed by atoms with Crippen LogP contribution >= 0.6 is 0 Å². The molecule has 0 aliphatic rings. The molecule has 5 nitrogen and oxygen atoms in total. The lowest BCUT2D eigenvalue weighted by Crippen LogP contribution is -2.22. The van der Waals surface area contributed by atoms with Gasteiger partial charge in [0, 0.05) is 6.07 Å². The normalized spacial score (nSPS) is 12.1. The highest BCUT2D eigenvalue weighted by molar-refractivity contribution is 5.90. The number of carbonyl (C=O) groups is 1. The van der Waals surface area contributed by atoms with Gasteiger partial charge in [-0.15, -0.1) is 0 Å². The van der Waals surface area contributed by atoms with Crippen molar-refractivity contribution in [2.75, 3.05) is 11.9 Å². The fraction of sp³-hybridized carbons (Fsp3) is 0.500. The number of carbonyl (C=O) groups excluding carboxylic acids is 1. The molecule has 0 aliphatic carbocycles. The summed E-state index contributed by atoms with van der Waals surface area (Å²) in [5.74, 6) is 1.49. The van der Waals surface area contributed by atoms with Gasteiger partial charge in [-0.3, -0.25) is 4.79 Å². The van der Waals surface area contributed by atoms with E-state index in [0.29, 0.717) is 11.6 Å². The van der Waals surface area contributed by atoms with Crippen LogP contribution in [0.2, 0.25) is 0 Å². The third kappa shape index (κ3) is 5.08. The first-order chi connectivity index (χ1) is 11.5. The van der Waals surface area contributed by atoms with Gasteiger partial charge in [-0.2, -0.15) is 0 Å².